The molecule has 2 aromatic rings. The summed E-state index contributed by atoms with van der Waals surface area (Å²) >= 11 is 7.75. The third kappa shape index (κ3) is 8.96. The summed E-state index contributed by atoms with van der Waals surface area (Å²) < 4.78 is 0. The number of hydrogen-bond acceptors (Lipinski definition) is 3. The molecule has 1 N–H and O–H groups in total. The topological polar surface area (TPSA) is 49.4 Å². The fourth-order valence-corrected chi connectivity index (χ4v) is 4.21. The van der Waals surface area contributed by atoms with Crippen LogP contribution in [0.4, 0.5) is 0 Å². The van der Waals surface area contributed by atoms with Crippen molar-refractivity contribution in [3.8, 4) is 0 Å². The average molecular weight is 461 g/mol. The molecule has 2 aromatic carbocycles. The van der Waals surface area contributed by atoms with E-state index in [9.17, 15) is 9.59 Å². The second kappa shape index (κ2) is 13.4. The zero-order valence-electron chi connectivity index (χ0n) is 18.6. The number of hydrogen-bond donors (Lipinski definition) is 1. The van der Waals surface area contributed by atoms with Crippen LogP contribution in [0.25, 0.3) is 0 Å². The van der Waals surface area contributed by atoms with Crippen LogP contribution in [0.1, 0.15) is 44.7 Å². The van der Waals surface area contributed by atoms with Crippen LogP contribution in [0.15, 0.2) is 54.6 Å². The molecule has 0 saturated heterocycles. The van der Waals surface area contributed by atoms with Crippen LogP contribution in [0.3, 0.4) is 0 Å². The zero-order chi connectivity index (χ0) is 22.6. The van der Waals surface area contributed by atoms with Crippen molar-refractivity contribution in [1.29, 1.82) is 0 Å². The van der Waals surface area contributed by atoms with Crippen LogP contribution in [0.2, 0.25) is 5.02 Å². The molecule has 0 radical (unpaired) electrons. The number of nitrogens with one attached hydrogen (secondary N) is 1. The molecule has 0 fully saturated rings. The Morgan fingerprint density at radius 1 is 1.03 bits per heavy atom. The summed E-state index contributed by atoms with van der Waals surface area (Å²) in [5, 5.41) is 3.65. The minimum Gasteiger partial charge on any atom is -0.354 e. The predicted octanol–water partition coefficient (Wildman–Crippen LogP) is 5.54. The summed E-state index contributed by atoms with van der Waals surface area (Å²) in [6, 6.07) is 17.2. The minimum atomic E-state index is -0.485. The standard InChI is InChI=1S/C25H33ClN2O2S/c1-4-23(25(30)27-16-19(2)3)28(17-20-10-12-22(26)13-11-20)24(29)14-15-31-18-21-8-6-5-7-9-21/h5-13,19,23H,4,14-18H2,1-3H3,(H,27,30). The summed E-state index contributed by atoms with van der Waals surface area (Å²) in [6.07, 6.45) is 0.972. The second-order valence-corrected chi connectivity index (χ2v) is 9.54. The highest BCUT2D eigenvalue weighted by Gasteiger charge is 2.28. The third-order valence-corrected chi connectivity index (χ3v) is 6.19. The molecule has 0 heterocycles. The Bertz CT molecular complexity index is 812. The molecule has 2 rings (SSSR count). The van der Waals surface area contributed by atoms with Gasteiger partial charge in [0.1, 0.15) is 6.04 Å². The first-order chi connectivity index (χ1) is 14.9. The lowest BCUT2D eigenvalue weighted by Crippen LogP contribution is -2.49. The molecule has 6 heteroatoms. The molecule has 1 atom stereocenters. The Kier molecular flexibility index (Phi) is 11.0. The molecule has 0 aliphatic rings. The summed E-state index contributed by atoms with van der Waals surface area (Å²) in [4.78, 5) is 27.8. The van der Waals surface area contributed by atoms with E-state index in [0.29, 0.717) is 36.9 Å². The molecule has 0 spiro atoms. The summed E-state index contributed by atoms with van der Waals surface area (Å²) in [5.41, 5.74) is 2.21. The highest BCUT2D eigenvalue weighted by Crippen LogP contribution is 2.18. The maximum atomic E-state index is 13.2. The van der Waals surface area contributed by atoms with Gasteiger partial charge in [0.25, 0.3) is 0 Å². The lowest BCUT2D eigenvalue weighted by atomic mass is 10.1. The van der Waals surface area contributed by atoms with E-state index >= 15 is 0 Å². The summed E-state index contributed by atoms with van der Waals surface area (Å²) in [7, 11) is 0. The van der Waals surface area contributed by atoms with Crippen LogP contribution in [0.5, 0.6) is 0 Å². The Morgan fingerprint density at radius 3 is 2.32 bits per heavy atom. The molecule has 0 aliphatic carbocycles. The van der Waals surface area contributed by atoms with Crippen molar-refractivity contribution in [2.45, 2.75) is 52.0 Å². The largest absolute Gasteiger partial charge is 0.354 e. The van der Waals surface area contributed by atoms with Crippen LogP contribution in [0, 0.1) is 5.92 Å². The molecule has 0 bridgehead atoms. The van der Waals surface area contributed by atoms with E-state index in [2.05, 4.69) is 31.3 Å². The molecule has 2 amide bonds. The summed E-state index contributed by atoms with van der Waals surface area (Å²) in [5.74, 6) is 1.86. The Hall–Kier alpha value is -1.98. The van der Waals surface area contributed by atoms with Gasteiger partial charge in [-0.15, -0.1) is 0 Å². The van der Waals surface area contributed by atoms with Crippen molar-refractivity contribution in [3.05, 3.63) is 70.7 Å². The van der Waals surface area contributed by atoms with Crippen molar-refractivity contribution < 1.29 is 9.59 Å². The molecule has 0 aromatic heterocycles. The smallest absolute Gasteiger partial charge is 0.242 e. The quantitative estimate of drug-likeness (QED) is 0.423. The number of thioether (sulfide) groups is 1. The van der Waals surface area contributed by atoms with Gasteiger partial charge in [-0.2, -0.15) is 11.8 Å². The SMILES string of the molecule is CCC(C(=O)NCC(C)C)N(Cc1ccc(Cl)cc1)C(=O)CCSCc1ccccc1. The van der Waals surface area contributed by atoms with E-state index in [1.165, 1.54) is 5.56 Å². The van der Waals surface area contributed by atoms with Gasteiger partial charge < -0.3 is 10.2 Å². The van der Waals surface area contributed by atoms with E-state index < -0.39 is 6.04 Å². The van der Waals surface area contributed by atoms with Crippen LogP contribution < -0.4 is 5.32 Å². The van der Waals surface area contributed by atoms with Crippen molar-refractivity contribution >= 4 is 35.2 Å². The van der Waals surface area contributed by atoms with Crippen molar-refractivity contribution in [1.82, 2.24) is 10.2 Å². The fraction of sp³-hybridized carbons (Fsp3) is 0.440. The third-order valence-electron chi connectivity index (χ3n) is 4.91. The number of benzene rings is 2. The van der Waals surface area contributed by atoms with Crippen molar-refractivity contribution in [2.24, 2.45) is 5.92 Å². The number of nitrogens with zero attached hydrogens (tertiary/aromatic N) is 1. The average Bonchev–Trinajstić information content (AvgIpc) is 2.77. The first kappa shape index (κ1) is 25.3. The van der Waals surface area contributed by atoms with E-state index in [-0.39, 0.29) is 11.8 Å². The first-order valence-electron chi connectivity index (χ1n) is 10.8. The highest BCUT2D eigenvalue weighted by atomic mass is 35.5. The lowest BCUT2D eigenvalue weighted by Gasteiger charge is -2.31. The van der Waals surface area contributed by atoms with Gasteiger partial charge in [0.15, 0.2) is 0 Å². The number of carbonyl (C=O) groups excluding carboxylic acids is 2. The zero-order valence-corrected chi connectivity index (χ0v) is 20.2. The molecule has 31 heavy (non-hydrogen) atoms. The Balaban J connectivity index is 2.04. The highest BCUT2D eigenvalue weighted by molar-refractivity contribution is 7.98. The van der Waals surface area contributed by atoms with Gasteiger partial charge in [-0.3, -0.25) is 9.59 Å². The van der Waals surface area contributed by atoms with Gasteiger partial charge in [0.2, 0.25) is 11.8 Å². The molecule has 1 unspecified atom stereocenters. The molecular weight excluding hydrogens is 428 g/mol. The molecule has 168 valence electrons. The Labute approximate surface area is 195 Å². The van der Waals surface area contributed by atoms with Crippen LogP contribution in [-0.4, -0.2) is 35.1 Å². The number of amides is 2. The second-order valence-electron chi connectivity index (χ2n) is 8.00. The van der Waals surface area contributed by atoms with E-state index in [0.717, 1.165) is 17.1 Å². The van der Waals surface area contributed by atoms with Gasteiger partial charge >= 0.3 is 0 Å². The predicted molar refractivity (Wildman–Crippen MR) is 131 cm³/mol. The maximum Gasteiger partial charge on any atom is 0.242 e. The van der Waals surface area contributed by atoms with Crippen molar-refractivity contribution in [3.63, 3.8) is 0 Å². The molecule has 0 aliphatic heterocycles. The Morgan fingerprint density at radius 2 is 1.71 bits per heavy atom. The lowest BCUT2D eigenvalue weighted by molar-refractivity contribution is -0.141. The van der Waals surface area contributed by atoms with E-state index in [4.69, 9.17) is 11.6 Å². The van der Waals surface area contributed by atoms with Crippen LogP contribution >= 0.6 is 23.4 Å². The first-order valence-corrected chi connectivity index (χ1v) is 12.4. The summed E-state index contributed by atoms with van der Waals surface area (Å²) in [6.45, 7) is 7.06. The van der Waals surface area contributed by atoms with Crippen molar-refractivity contribution in [2.75, 3.05) is 12.3 Å². The monoisotopic (exact) mass is 460 g/mol. The fourth-order valence-electron chi connectivity index (χ4n) is 3.20. The normalized spacial score (nSPS) is 11.9. The van der Waals surface area contributed by atoms with Gasteiger partial charge in [0.05, 0.1) is 0 Å². The number of rotatable bonds is 12. The molecule has 4 nitrogen and oxygen atoms in total. The van der Waals surface area contributed by atoms with Crippen LogP contribution in [-0.2, 0) is 21.9 Å². The molecule has 0 saturated carbocycles. The molecular formula is C25H33ClN2O2S. The van der Waals surface area contributed by atoms with Gasteiger partial charge in [-0.25, -0.2) is 0 Å². The number of carbonyl (C=O) groups is 2. The van der Waals surface area contributed by atoms with E-state index in [1.807, 2.05) is 49.4 Å². The van der Waals surface area contributed by atoms with Gasteiger partial charge in [-0.05, 0) is 35.6 Å². The van der Waals surface area contributed by atoms with E-state index in [1.54, 1.807) is 16.7 Å². The van der Waals surface area contributed by atoms with Gasteiger partial charge in [0, 0.05) is 36.0 Å². The number of halogens is 1. The minimum absolute atomic E-state index is 0.00191. The maximum absolute atomic E-state index is 13.2. The van der Waals surface area contributed by atoms with Gasteiger partial charge in [-0.1, -0.05) is 74.8 Å².